The minimum Gasteiger partial charge on any atom is -0.376 e. The lowest BCUT2D eigenvalue weighted by molar-refractivity contribution is -0.117. The first-order valence-electron chi connectivity index (χ1n) is 7.98. The third-order valence-corrected chi connectivity index (χ3v) is 4.51. The molecule has 1 aromatic carbocycles. The van der Waals surface area contributed by atoms with Gasteiger partial charge in [-0.15, -0.1) is 0 Å². The molecule has 0 bridgehead atoms. The number of halogens is 1. The van der Waals surface area contributed by atoms with E-state index in [0.29, 0.717) is 12.1 Å². The van der Waals surface area contributed by atoms with E-state index in [1.807, 2.05) is 30.3 Å². The number of ether oxygens (including phenoxy) is 1. The van der Waals surface area contributed by atoms with Crippen LogP contribution < -0.4 is 5.32 Å². The average Bonchev–Trinajstić information content (AvgIpc) is 3.30. The number of carbonyl (C=O) groups is 1. The van der Waals surface area contributed by atoms with Crippen molar-refractivity contribution in [3.05, 3.63) is 46.1 Å². The summed E-state index contributed by atoms with van der Waals surface area (Å²) in [6.07, 6.45) is 5.12. The minimum atomic E-state index is -0.402. The molecule has 1 unspecified atom stereocenters. The number of rotatable bonds is 5. The van der Waals surface area contributed by atoms with Gasteiger partial charge in [0.05, 0.1) is 18.0 Å². The standard InChI is InChI=1S/C18H17BrN4O2/c19-15-5-3-12(4-6-15)17-14(10-22-23-17)8-13(9-20)18(24)21-11-16-2-1-7-25-16/h3-6,8,10,16H,1-2,7,11H2,(H,21,24)(H,22,23). The Morgan fingerprint density at radius 2 is 2.28 bits per heavy atom. The Morgan fingerprint density at radius 1 is 1.48 bits per heavy atom. The van der Waals surface area contributed by atoms with Crippen LogP contribution in [-0.2, 0) is 9.53 Å². The predicted molar refractivity (Wildman–Crippen MR) is 97.3 cm³/mol. The van der Waals surface area contributed by atoms with Gasteiger partial charge in [-0.05, 0) is 31.1 Å². The van der Waals surface area contributed by atoms with Gasteiger partial charge in [0.2, 0.25) is 0 Å². The Kier molecular flexibility index (Phi) is 5.64. The van der Waals surface area contributed by atoms with Crippen molar-refractivity contribution in [2.24, 2.45) is 0 Å². The van der Waals surface area contributed by atoms with Gasteiger partial charge in [0.15, 0.2) is 0 Å². The summed E-state index contributed by atoms with van der Waals surface area (Å²) in [4.78, 5) is 12.3. The number of hydrogen-bond donors (Lipinski definition) is 2. The van der Waals surface area contributed by atoms with Crippen LogP contribution in [0.5, 0.6) is 0 Å². The molecule has 1 aliphatic heterocycles. The summed E-state index contributed by atoms with van der Waals surface area (Å²) in [5.74, 6) is -0.402. The number of aromatic nitrogens is 2. The van der Waals surface area contributed by atoms with E-state index in [-0.39, 0.29) is 11.7 Å². The highest BCUT2D eigenvalue weighted by Gasteiger charge is 2.18. The highest BCUT2D eigenvalue weighted by atomic mass is 79.9. The number of hydrogen-bond acceptors (Lipinski definition) is 4. The maximum absolute atomic E-state index is 12.3. The van der Waals surface area contributed by atoms with E-state index >= 15 is 0 Å². The number of H-pyrrole nitrogens is 1. The topological polar surface area (TPSA) is 90.8 Å². The largest absolute Gasteiger partial charge is 0.376 e. The van der Waals surface area contributed by atoms with Crippen LogP contribution in [0.15, 0.2) is 40.5 Å². The van der Waals surface area contributed by atoms with E-state index in [4.69, 9.17) is 4.74 Å². The molecule has 128 valence electrons. The monoisotopic (exact) mass is 400 g/mol. The summed E-state index contributed by atoms with van der Waals surface area (Å²) in [7, 11) is 0. The van der Waals surface area contributed by atoms with E-state index in [9.17, 15) is 10.1 Å². The van der Waals surface area contributed by atoms with Crippen LogP contribution in [0.3, 0.4) is 0 Å². The van der Waals surface area contributed by atoms with Gasteiger partial charge < -0.3 is 10.1 Å². The summed E-state index contributed by atoms with van der Waals surface area (Å²) in [6.45, 7) is 1.15. The second-order valence-electron chi connectivity index (χ2n) is 5.72. The molecular weight excluding hydrogens is 384 g/mol. The quantitative estimate of drug-likeness (QED) is 0.595. The summed E-state index contributed by atoms with van der Waals surface area (Å²) in [5, 5.41) is 19.1. The van der Waals surface area contributed by atoms with Gasteiger partial charge in [-0.3, -0.25) is 9.89 Å². The first kappa shape index (κ1) is 17.4. The van der Waals surface area contributed by atoms with Crippen LogP contribution in [0.4, 0.5) is 0 Å². The maximum Gasteiger partial charge on any atom is 0.262 e. The summed E-state index contributed by atoms with van der Waals surface area (Å²) >= 11 is 3.40. The van der Waals surface area contributed by atoms with Crippen LogP contribution in [0, 0.1) is 11.3 Å². The van der Waals surface area contributed by atoms with Crippen molar-refractivity contribution in [3.63, 3.8) is 0 Å². The Bertz CT molecular complexity index is 814. The molecule has 2 N–H and O–H groups in total. The number of nitriles is 1. The highest BCUT2D eigenvalue weighted by molar-refractivity contribution is 9.10. The number of carbonyl (C=O) groups excluding carboxylic acids is 1. The molecule has 2 heterocycles. The number of amides is 1. The summed E-state index contributed by atoms with van der Waals surface area (Å²) < 4.78 is 6.44. The van der Waals surface area contributed by atoms with E-state index in [1.54, 1.807) is 12.3 Å². The molecule has 1 aromatic heterocycles. The first-order valence-corrected chi connectivity index (χ1v) is 8.77. The van der Waals surface area contributed by atoms with Gasteiger partial charge in [-0.2, -0.15) is 10.4 Å². The Labute approximate surface area is 154 Å². The summed E-state index contributed by atoms with van der Waals surface area (Å²) in [6, 6.07) is 9.66. The predicted octanol–water partition coefficient (Wildman–Crippen LogP) is 3.04. The van der Waals surface area contributed by atoms with E-state index in [2.05, 4.69) is 31.4 Å². The van der Waals surface area contributed by atoms with E-state index in [1.165, 1.54) is 0 Å². The molecule has 1 aliphatic rings. The molecule has 0 radical (unpaired) electrons. The van der Waals surface area contributed by atoms with Gasteiger partial charge in [-0.25, -0.2) is 0 Å². The molecule has 0 saturated carbocycles. The molecule has 1 atom stereocenters. The molecule has 7 heteroatoms. The molecule has 1 amide bonds. The van der Waals surface area contributed by atoms with Crippen molar-refractivity contribution in [2.45, 2.75) is 18.9 Å². The second-order valence-corrected chi connectivity index (χ2v) is 6.64. The number of nitrogens with one attached hydrogen (secondary N) is 2. The van der Waals surface area contributed by atoms with Crippen molar-refractivity contribution in [2.75, 3.05) is 13.2 Å². The minimum absolute atomic E-state index is 0.0381. The Morgan fingerprint density at radius 3 is 2.96 bits per heavy atom. The molecule has 25 heavy (non-hydrogen) atoms. The molecule has 0 spiro atoms. The molecular formula is C18H17BrN4O2. The van der Waals surface area contributed by atoms with Crippen molar-refractivity contribution in [1.29, 1.82) is 5.26 Å². The fraction of sp³-hybridized carbons (Fsp3) is 0.278. The van der Waals surface area contributed by atoms with Crippen LogP contribution >= 0.6 is 15.9 Å². The molecule has 2 aromatic rings. The zero-order valence-electron chi connectivity index (χ0n) is 13.5. The van der Waals surface area contributed by atoms with Gasteiger partial charge in [0, 0.05) is 28.8 Å². The zero-order chi connectivity index (χ0) is 17.6. The lowest BCUT2D eigenvalue weighted by Gasteiger charge is -2.10. The molecule has 0 aliphatic carbocycles. The lowest BCUT2D eigenvalue weighted by atomic mass is 10.1. The summed E-state index contributed by atoms with van der Waals surface area (Å²) in [5.41, 5.74) is 2.40. The van der Waals surface area contributed by atoms with Gasteiger partial charge in [0.25, 0.3) is 5.91 Å². The fourth-order valence-corrected chi connectivity index (χ4v) is 2.93. The van der Waals surface area contributed by atoms with Gasteiger partial charge >= 0.3 is 0 Å². The molecule has 1 saturated heterocycles. The van der Waals surface area contributed by atoms with E-state index in [0.717, 1.165) is 35.2 Å². The van der Waals surface area contributed by atoms with Gasteiger partial charge in [-0.1, -0.05) is 28.1 Å². The SMILES string of the molecule is N#CC(=Cc1cn[nH]c1-c1ccc(Br)cc1)C(=O)NCC1CCCO1. The maximum atomic E-state index is 12.3. The van der Waals surface area contributed by atoms with Crippen LogP contribution in [0.2, 0.25) is 0 Å². The average molecular weight is 401 g/mol. The number of benzene rings is 1. The zero-order valence-corrected chi connectivity index (χ0v) is 15.0. The third-order valence-electron chi connectivity index (χ3n) is 3.98. The van der Waals surface area contributed by atoms with E-state index < -0.39 is 5.91 Å². The third kappa shape index (κ3) is 4.35. The molecule has 3 rings (SSSR count). The van der Waals surface area contributed by atoms with Crippen molar-refractivity contribution in [1.82, 2.24) is 15.5 Å². The van der Waals surface area contributed by atoms with Crippen LogP contribution in [0.1, 0.15) is 18.4 Å². The van der Waals surface area contributed by atoms with Crippen molar-refractivity contribution < 1.29 is 9.53 Å². The smallest absolute Gasteiger partial charge is 0.262 e. The lowest BCUT2D eigenvalue weighted by Crippen LogP contribution is -2.32. The number of nitrogens with zero attached hydrogens (tertiary/aromatic N) is 2. The Balaban J connectivity index is 1.76. The second kappa shape index (κ2) is 8.10. The van der Waals surface area contributed by atoms with Crippen LogP contribution in [-0.4, -0.2) is 35.4 Å². The van der Waals surface area contributed by atoms with Crippen molar-refractivity contribution >= 4 is 27.9 Å². The fourth-order valence-electron chi connectivity index (χ4n) is 2.66. The normalized spacial score (nSPS) is 17.3. The Hall–Kier alpha value is -2.43. The number of aromatic amines is 1. The first-order chi connectivity index (χ1) is 12.2. The van der Waals surface area contributed by atoms with Crippen molar-refractivity contribution in [3.8, 4) is 17.3 Å². The highest BCUT2D eigenvalue weighted by Crippen LogP contribution is 2.24. The molecule has 6 nitrogen and oxygen atoms in total. The van der Waals surface area contributed by atoms with Crippen LogP contribution in [0.25, 0.3) is 17.3 Å². The molecule has 1 fully saturated rings. The van der Waals surface area contributed by atoms with Gasteiger partial charge in [0.1, 0.15) is 11.6 Å².